The Morgan fingerprint density at radius 1 is 1.00 bits per heavy atom. The predicted molar refractivity (Wildman–Crippen MR) is 128 cm³/mol. The first kappa shape index (κ1) is 20.9. The highest BCUT2D eigenvalue weighted by Gasteiger charge is 2.59. The first-order chi connectivity index (χ1) is 15.9. The van der Waals surface area contributed by atoms with Crippen LogP contribution in [0, 0.1) is 39.9 Å². The molecule has 0 aliphatic heterocycles. The fourth-order valence-electron chi connectivity index (χ4n) is 8.52. The van der Waals surface area contributed by atoms with Gasteiger partial charge in [0.25, 0.3) is 0 Å². The second kappa shape index (κ2) is 7.42. The number of hydrogen-bond donors (Lipinski definition) is 0. The molecule has 6 rings (SSSR count). The Bertz CT molecular complexity index is 1170. The number of allylic oxidation sites excluding steroid dienone is 1. The van der Waals surface area contributed by atoms with E-state index in [1.165, 1.54) is 43.4 Å². The number of carbonyl (C=O) groups is 1. The monoisotopic (exact) mass is 439 g/mol. The summed E-state index contributed by atoms with van der Waals surface area (Å²) in [5.74, 6) is 3.11. The molecule has 4 heteroatoms. The highest BCUT2D eigenvalue weighted by molar-refractivity contribution is 5.91. The fraction of sp³-hybridized carbons (Fsp3) is 0.552. The number of hydrogen-bond acceptors (Lipinski definition) is 3. The molecular weight excluding hydrogens is 406 g/mol. The fourth-order valence-corrected chi connectivity index (χ4v) is 8.52. The van der Waals surface area contributed by atoms with Crippen LogP contribution in [0.4, 0.5) is 0 Å². The lowest BCUT2D eigenvalue weighted by Gasteiger charge is -2.58. The summed E-state index contributed by atoms with van der Waals surface area (Å²) in [4.78, 5) is 12.1. The number of benzene rings is 1. The van der Waals surface area contributed by atoms with Crippen LogP contribution in [0.15, 0.2) is 48.2 Å². The van der Waals surface area contributed by atoms with Crippen molar-refractivity contribution in [2.75, 3.05) is 0 Å². The van der Waals surface area contributed by atoms with Crippen molar-refractivity contribution in [1.29, 1.82) is 5.26 Å². The Morgan fingerprint density at radius 3 is 2.61 bits per heavy atom. The molecule has 3 saturated carbocycles. The largest absolute Gasteiger partial charge is 0.295 e. The third-order valence-corrected chi connectivity index (χ3v) is 10.2. The molecular formula is C29H33N3O. The van der Waals surface area contributed by atoms with E-state index in [2.05, 4.69) is 30.7 Å². The highest BCUT2D eigenvalue weighted by Crippen LogP contribution is 2.68. The number of ketones is 1. The van der Waals surface area contributed by atoms with E-state index in [9.17, 15) is 4.79 Å². The van der Waals surface area contributed by atoms with Crippen LogP contribution in [0.25, 0.3) is 5.69 Å². The van der Waals surface area contributed by atoms with E-state index >= 15 is 0 Å². The zero-order valence-electron chi connectivity index (χ0n) is 19.8. The summed E-state index contributed by atoms with van der Waals surface area (Å²) < 4.78 is 2.11. The number of fused-ring (bicyclic) bond motifs is 5. The lowest BCUT2D eigenvalue weighted by Crippen LogP contribution is -2.50. The van der Waals surface area contributed by atoms with Gasteiger partial charge in [0, 0.05) is 24.2 Å². The van der Waals surface area contributed by atoms with Gasteiger partial charge in [-0.1, -0.05) is 19.4 Å². The molecule has 1 aromatic carbocycles. The number of carbonyl (C=O) groups excluding carboxylic acids is 1. The Hall–Kier alpha value is -2.67. The van der Waals surface area contributed by atoms with Gasteiger partial charge in [-0.3, -0.25) is 4.79 Å². The summed E-state index contributed by atoms with van der Waals surface area (Å²) in [5.41, 5.74) is 5.05. The molecule has 0 radical (unpaired) electrons. The Morgan fingerprint density at radius 2 is 1.82 bits per heavy atom. The molecule has 0 spiro atoms. The molecule has 0 bridgehead atoms. The molecule has 1 heterocycles. The van der Waals surface area contributed by atoms with Crippen molar-refractivity contribution in [3.63, 3.8) is 0 Å². The topological polar surface area (TPSA) is 58.7 Å². The molecule has 4 aliphatic rings. The highest BCUT2D eigenvalue weighted by atomic mass is 16.1. The lowest BCUT2D eigenvalue weighted by molar-refractivity contribution is -0.117. The summed E-state index contributed by atoms with van der Waals surface area (Å²) >= 11 is 0. The van der Waals surface area contributed by atoms with Crippen LogP contribution in [0.3, 0.4) is 0 Å². The van der Waals surface area contributed by atoms with Gasteiger partial charge in [0.05, 0.1) is 17.3 Å². The maximum absolute atomic E-state index is 12.1. The lowest BCUT2D eigenvalue weighted by atomic mass is 9.47. The van der Waals surface area contributed by atoms with Crippen LogP contribution in [0.2, 0.25) is 0 Å². The van der Waals surface area contributed by atoms with Gasteiger partial charge in [-0.05, 0) is 110 Å². The van der Waals surface area contributed by atoms with E-state index in [1.54, 1.807) is 0 Å². The number of nitriles is 1. The number of aromatic nitrogens is 2. The summed E-state index contributed by atoms with van der Waals surface area (Å²) in [5, 5.41) is 13.9. The van der Waals surface area contributed by atoms with E-state index in [-0.39, 0.29) is 5.41 Å². The van der Waals surface area contributed by atoms with Crippen molar-refractivity contribution in [2.45, 2.75) is 71.1 Å². The SMILES string of the molecule is C[C@]12CC[C@H]3[C@@H](CCC4=CC(=O)CC[C@@]43C)[C@@H]1CC[C@@H]2c1ccnn1-c1ccc(C#N)cc1. The van der Waals surface area contributed by atoms with Gasteiger partial charge < -0.3 is 0 Å². The number of nitrogens with zero attached hydrogens (tertiary/aromatic N) is 3. The molecule has 6 atom stereocenters. The van der Waals surface area contributed by atoms with Crippen molar-refractivity contribution in [2.24, 2.45) is 28.6 Å². The second-order valence-corrected chi connectivity index (χ2v) is 11.5. The smallest absolute Gasteiger partial charge is 0.155 e. The minimum atomic E-state index is 0.237. The van der Waals surface area contributed by atoms with E-state index < -0.39 is 0 Å². The molecule has 4 aliphatic carbocycles. The summed E-state index contributed by atoms with van der Waals surface area (Å²) in [7, 11) is 0. The Kier molecular flexibility index (Phi) is 4.70. The van der Waals surface area contributed by atoms with Crippen molar-refractivity contribution in [3.05, 3.63) is 59.4 Å². The first-order valence-corrected chi connectivity index (χ1v) is 12.7. The zero-order valence-corrected chi connectivity index (χ0v) is 19.8. The van der Waals surface area contributed by atoms with Crippen LogP contribution in [0.1, 0.15) is 82.4 Å². The third-order valence-electron chi connectivity index (χ3n) is 10.2. The molecule has 0 unspecified atom stereocenters. The van der Waals surface area contributed by atoms with Crippen LogP contribution in [-0.4, -0.2) is 15.6 Å². The summed E-state index contributed by atoms with van der Waals surface area (Å²) in [6.07, 6.45) is 13.2. The quantitative estimate of drug-likeness (QED) is 0.547. The Balaban J connectivity index is 1.31. The number of rotatable bonds is 2. The maximum Gasteiger partial charge on any atom is 0.155 e. The standard InChI is InChI=1S/C29H33N3O/c1-28-14-11-22(33)17-20(28)5-8-23-24-9-10-26(29(24,2)15-12-25(23)28)27-13-16-31-32(27)21-6-3-19(18-30)4-7-21/h3-4,6-7,13,16-17,23-26H,5,8-12,14-15H2,1-2H3/t23-,24-,25-,26+,28-,29-/m0/s1. The van der Waals surface area contributed by atoms with Crippen molar-refractivity contribution in [1.82, 2.24) is 9.78 Å². The van der Waals surface area contributed by atoms with Gasteiger partial charge in [0.15, 0.2) is 5.78 Å². The van der Waals surface area contributed by atoms with Gasteiger partial charge >= 0.3 is 0 Å². The zero-order chi connectivity index (χ0) is 22.8. The predicted octanol–water partition coefficient (Wildman–Crippen LogP) is 6.36. The first-order valence-electron chi connectivity index (χ1n) is 12.7. The van der Waals surface area contributed by atoms with E-state index in [0.717, 1.165) is 42.7 Å². The average molecular weight is 440 g/mol. The molecule has 1 aromatic heterocycles. The van der Waals surface area contributed by atoms with Gasteiger partial charge in [-0.25, -0.2) is 4.68 Å². The van der Waals surface area contributed by atoms with Gasteiger partial charge in [-0.2, -0.15) is 10.4 Å². The average Bonchev–Trinajstić information content (AvgIpc) is 3.43. The molecule has 4 nitrogen and oxygen atoms in total. The van der Waals surface area contributed by atoms with Crippen molar-refractivity contribution in [3.8, 4) is 11.8 Å². The normalized spacial score (nSPS) is 37.5. The Labute approximate surface area is 196 Å². The van der Waals surface area contributed by atoms with Crippen LogP contribution in [-0.2, 0) is 4.79 Å². The summed E-state index contributed by atoms with van der Waals surface area (Å²) in [6.45, 7) is 5.02. The van der Waals surface area contributed by atoms with E-state index in [1.807, 2.05) is 36.5 Å². The molecule has 0 amide bonds. The third kappa shape index (κ3) is 3.01. The van der Waals surface area contributed by atoms with Gasteiger partial charge in [0.1, 0.15) is 0 Å². The van der Waals surface area contributed by atoms with Crippen molar-refractivity contribution < 1.29 is 4.79 Å². The minimum Gasteiger partial charge on any atom is -0.295 e. The molecule has 0 saturated heterocycles. The molecule has 0 N–H and O–H groups in total. The van der Waals surface area contributed by atoms with Gasteiger partial charge in [0.2, 0.25) is 0 Å². The molecule has 3 fully saturated rings. The van der Waals surface area contributed by atoms with Crippen LogP contribution < -0.4 is 0 Å². The second-order valence-electron chi connectivity index (χ2n) is 11.5. The molecule has 2 aromatic rings. The molecule has 33 heavy (non-hydrogen) atoms. The van der Waals surface area contributed by atoms with Crippen molar-refractivity contribution >= 4 is 5.78 Å². The van der Waals surface area contributed by atoms with E-state index in [0.29, 0.717) is 22.7 Å². The van der Waals surface area contributed by atoms with Crippen LogP contribution >= 0.6 is 0 Å². The van der Waals surface area contributed by atoms with E-state index in [4.69, 9.17) is 10.4 Å². The molecule has 170 valence electrons. The van der Waals surface area contributed by atoms with Gasteiger partial charge in [-0.15, -0.1) is 0 Å². The minimum absolute atomic E-state index is 0.237. The van der Waals surface area contributed by atoms with Crippen LogP contribution in [0.5, 0.6) is 0 Å². The summed E-state index contributed by atoms with van der Waals surface area (Å²) in [6, 6.07) is 12.2. The maximum atomic E-state index is 12.1.